The summed E-state index contributed by atoms with van der Waals surface area (Å²) in [7, 11) is -4.01. The van der Waals surface area contributed by atoms with Gasteiger partial charge in [0, 0.05) is 27.9 Å². The highest BCUT2D eigenvalue weighted by atomic mass is 32.2. The van der Waals surface area contributed by atoms with Gasteiger partial charge in [-0.3, -0.25) is 4.79 Å². The fourth-order valence-corrected chi connectivity index (χ4v) is 6.18. The van der Waals surface area contributed by atoms with Gasteiger partial charge in [0.2, 0.25) is 0 Å². The second-order valence-corrected chi connectivity index (χ2v) is 10.5. The molecule has 6 nitrogen and oxygen atoms in total. The van der Waals surface area contributed by atoms with Gasteiger partial charge in [-0.05, 0) is 36.2 Å². The zero-order valence-electron chi connectivity index (χ0n) is 17.0. The van der Waals surface area contributed by atoms with Crippen LogP contribution in [-0.4, -0.2) is 30.5 Å². The van der Waals surface area contributed by atoms with Gasteiger partial charge in [-0.15, -0.1) is 11.3 Å². The number of aromatic amines is 1. The van der Waals surface area contributed by atoms with E-state index in [9.17, 15) is 18.3 Å². The van der Waals surface area contributed by atoms with Crippen LogP contribution in [0.1, 0.15) is 24.0 Å². The highest BCUT2D eigenvalue weighted by Gasteiger charge is 2.33. The van der Waals surface area contributed by atoms with Crippen LogP contribution in [0.3, 0.4) is 0 Å². The number of nitrogens with one attached hydrogen (secondary N) is 2. The van der Waals surface area contributed by atoms with E-state index in [2.05, 4.69) is 9.71 Å². The summed E-state index contributed by atoms with van der Waals surface area (Å²) >= 11 is 1.11. The molecule has 8 heteroatoms. The number of carboxylic acid groups (broad SMARTS) is 1. The molecule has 4 aromatic rings. The van der Waals surface area contributed by atoms with E-state index >= 15 is 0 Å². The van der Waals surface area contributed by atoms with Crippen molar-refractivity contribution in [2.45, 2.75) is 30.0 Å². The number of fused-ring (bicyclic) bond motifs is 1. The van der Waals surface area contributed by atoms with Crippen molar-refractivity contribution in [2.75, 3.05) is 0 Å². The maximum absolute atomic E-state index is 13.0. The van der Waals surface area contributed by atoms with Crippen LogP contribution in [0, 0.1) is 6.92 Å². The van der Waals surface area contributed by atoms with Crippen LogP contribution in [0.2, 0.25) is 0 Å². The Hall–Kier alpha value is -2.94. The van der Waals surface area contributed by atoms with E-state index in [-0.39, 0.29) is 4.21 Å². The Morgan fingerprint density at radius 3 is 2.48 bits per heavy atom. The molecule has 1 unspecified atom stereocenters. The van der Waals surface area contributed by atoms with Crippen molar-refractivity contribution >= 4 is 38.2 Å². The van der Waals surface area contributed by atoms with Crippen molar-refractivity contribution in [1.29, 1.82) is 0 Å². The fourth-order valence-electron chi connectivity index (χ4n) is 3.58. The first-order valence-corrected chi connectivity index (χ1v) is 12.0. The first-order valence-electron chi connectivity index (χ1n) is 9.74. The van der Waals surface area contributed by atoms with Crippen LogP contribution in [-0.2, 0) is 14.8 Å². The molecule has 0 radical (unpaired) electrons. The molecule has 2 heterocycles. The van der Waals surface area contributed by atoms with E-state index in [4.69, 9.17) is 0 Å². The molecule has 0 saturated heterocycles. The number of aryl methyl sites for hydroxylation is 1. The minimum Gasteiger partial charge on any atom is -0.480 e. The van der Waals surface area contributed by atoms with Gasteiger partial charge in [0.25, 0.3) is 10.0 Å². The zero-order valence-corrected chi connectivity index (χ0v) is 18.6. The van der Waals surface area contributed by atoms with Crippen molar-refractivity contribution < 1.29 is 18.3 Å². The summed E-state index contributed by atoms with van der Waals surface area (Å²) in [6.07, 6.45) is 1.74. The lowest BCUT2D eigenvalue weighted by molar-refractivity contribution is -0.139. The van der Waals surface area contributed by atoms with Gasteiger partial charge < -0.3 is 10.1 Å². The lowest BCUT2D eigenvalue weighted by atomic mass is 9.93. The van der Waals surface area contributed by atoms with Crippen molar-refractivity contribution in [3.63, 3.8) is 0 Å². The van der Waals surface area contributed by atoms with Crippen molar-refractivity contribution in [3.05, 3.63) is 78.0 Å². The van der Waals surface area contributed by atoms with Gasteiger partial charge in [-0.25, -0.2) is 8.42 Å². The Morgan fingerprint density at radius 1 is 1.06 bits per heavy atom. The Labute approximate surface area is 184 Å². The molecule has 160 valence electrons. The number of rotatable bonds is 7. The minimum absolute atomic E-state index is 0.0838. The Bertz CT molecular complexity index is 1340. The lowest BCUT2D eigenvalue weighted by Crippen LogP contribution is -2.43. The van der Waals surface area contributed by atoms with E-state index < -0.39 is 28.0 Å². The number of aliphatic carboxylic acids is 1. The molecule has 0 bridgehead atoms. The Morgan fingerprint density at radius 2 is 1.77 bits per heavy atom. The molecule has 0 aliphatic rings. The summed E-state index contributed by atoms with van der Waals surface area (Å²) in [5.41, 5.74) is 3.65. The third kappa shape index (κ3) is 4.27. The summed E-state index contributed by atoms with van der Waals surface area (Å²) in [4.78, 5) is 15.9. The molecular formula is C23H22N2O4S2. The number of carbonyl (C=O) groups is 1. The van der Waals surface area contributed by atoms with Crippen LogP contribution in [0.25, 0.3) is 21.3 Å². The Balaban J connectivity index is 1.62. The van der Waals surface area contributed by atoms with Gasteiger partial charge in [0.05, 0.1) is 0 Å². The second kappa shape index (κ2) is 8.30. The van der Waals surface area contributed by atoms with Gasteiger partial charge in [0.1, 0.15) is 10.3 Å². The topological polar surface area (TPSA) is 99.3 Å². The van der Waals surface area contributed by atoms with Gasteiger partial charge >= 0.3 is 5.97 Å². The average molecular weight is 455 g/mol. The number of hydrogen-bond donors (Lipinski definition) is 3. The predicted molar refractivity (Wildman–Crippen MR) is 123 cm³/mol. The number of H-pyrrole nitrogens is 1. The monoisotopic (exact) mass is 454 g/mol. The van der Waals surface area contributed by atoms with E-state index in [1.165, 1.54) is 6.07 Å². The molecule has 0 fully saturated rings. The van der Waals surface area contributed by atoms with Gasteiger partial charge in [-0.2, -0.15) is 4.72 Å². The molecule has 3 N–H and O–H groups in total. The molecule has 31 heavy (non-hydrogen) atoms. The second-order valence-electron chi connectivity index (χ2n) is 7.50. The predicted octanol–water partition coefficient (Wildman–Crippen LogP) is 4.74. The third-order valence-corrected chi connectivity index (χ3v) is 8.41. The molecule has 2 aromatic heterocycles. The van der Waals surface area contributed by atoms with Gasteiger partial charge in [0.15, 0.2) is 0 Å². The first kappa shape index (κ1) is 21.3. The number of aromatic nitrogens is 1. The number of para-hydroxylation sites is 1. The van der Waals surface area contributed by atoms with Crippen LogP contribution >= 0.6 is 11.3 Å². The molecule has 0 amide bonds. The minimum atomic E-state index is -4.01. The van der Waals surface area contributed by atoms with E-state index in [1.807, 2.05) is 55.5 Å². The average Bonchev–Trinajstić information content (AvgIpc) is 3.40. The summed E-state index contributed by atoms with van der Waals surface area (Å²) in [6.45, 7) is 3.70. The summed E-state index contributed by atoms with van der Waals surface area (Å²) in [5, 5.41) is 10.7. The van der Waals surface area contributed by atoms with Crippen LogP contribution in [0.4, 0.5) is 0 Å². The zero-order chi connectivity index (χ0) is 22.2. The molecule has 0 saturated carbocycles. The SMILES string of the molecule is Cc1ccc(-c2ccc(S(=O)(=O)N[C@@H](C(=O)O)C(C)c3c[nH]c4ccccc34)s2)cc1. The van der Waals surface area contributed by atoms with Crippen LogP contribution in [0.15, 0.2) is 71.1 Å². The quantitative estimate of drug-likeness (QED) is 0.376. The number of hydrogen-bond acceptors (Lipinski definition) is 4. The number of carboxylic acids is 1. The van der Waals surface area contributed by atoms with Crippen molar-refractivity contribution in [2.24, 2.45) is 0 Å². The number of thiophene rings is 1. The lowest BCUT2D eigenvalue weighted by Gasteiger charge is -2.21. The number of sulfonamides is 1. The van der Waals surface area contributed by atoms with E-state index in [0.717, 1.165) is 43.8 Å². The third-order valence-electron chi connectivity index (χ3n) is 5.34. The molecule has 4 rings (SSSR count). The van der Waals surface area contributed by atoms with Crippen LogP contribution < -0.4 is 4.72 Å². The van der Waals surface area contributed by atoms with E-state index in [1.54, 1.807) is 19.2 Å². The maximum atomic E-state index is 13.0. The fraction of sp³-hybridized carbons (Fsp3) is 0.174. The Kier molecular flexibility index (Phi) is 5.70. The summed E-state index contributed by atoms with van der Waals surface area (Å²) in [5.74, 6) is -1.81. The highest BCUT2D eigenvalue weighted by Crippen LogP contribution is 2.32. The summed E-state index contributed by atoms with van der Waals surface area (Å²) < 4.78 is 28.5. The molecular weight excluding hydrogens is 432 g/mol. The molecule has 2 aromatic carbocycles. The highest BCUT2D eigenvalue weighted by molar-refractivity contribution is 7.91. The molecule has 2 atom stereocenters. The van der Waals surface area contributed by atoms with Crippen LogP contribution in [0.5, 0.6) is 0 Å². The largest absolute Gasteiger partial charge is 0.480 e. The van der Waals surface area contributed by atoms with Crippen molar-refractivity contribution in [1.82, 2.24) is 9.71 Å². The van der Waals surface area contributed by atoms with Gasteiger partial charge in [-0.1, -0.05) is 55.0 Å². The van der Waals surface area contributed by atoms with Crippen molar-refractivity contribution in [3.8, 4) is 10.4 Å². The summed E-state index contributed by atoms with van der Waals surface area (Å²) in [6, 6.07) is 17.3. The number of benzene rings is 2. The first-order chi connectivity index (χ1) is 14.8. The maximum Gasteiger partial charge on any atom is 0.322 e. The molecule has 0 spiro atoms. The molecule has 0 aliphatic heterocycles. The normalized spacial score (nSPS) is 13.9. The standard InChI is InChI=1S/C23H22N2O4S2/c1-14-7-9-16(10-8-14)20-11-12-21(30-20)31(28,29)25-22(23(26)27)15(2)18-13-24-19-6-4-3-5-17(18)19/h3-13,15,22,24-25H,1-2H3,(H,26,27)/t15?,22-/m1/s1. The smallest absolute Gasteiger partial charge is 0.322 e. The van der Waals surface area contributed by atoms with E-state index in [0.29, 0.717) is 0 Å². The molecule has 0 aliphatic carbocycles.